The minimum Gasteiger partial charge on any atom is -0.346 e. The van der Waals surface area contributed by atoms with E-state index in [1.807, 2.05) is 36.4 Å². The number of hydrogen-bond donors (Lipinski definition) is 1. The van der Waals surface area contributed by atoms with Crippen LogP contribution in [0.1, 0.15) is 25.0 Å². The highest BCUT2D eigenvalue weighted by molar-refractivity contribution is 7.89. The standard InChI is InChI=1S/C25H29FN4O3S/c1-29(15-5-8-22-18-24(28-27-22)19-6-3-2-4-7-19)25(31)20-13-16-30(17-14-20)34(32,33)23-11-9-21(26)10-12-23/h2-4,6-7,9-12,18,20H,5,8,13-17H2,1H3,(H,27,28). The second-order valence-corrected chi connectivity index (χ2v) is 10.6. The van der Waals surface area contributed by atoms with E-state index in [1.165, 1.54) is 16.4 Å². The molecular weight excluding hydrogens is 455 g/mol. The third-order valence-corrected chi connectivity index (χ3v) is 8.18. The number of carbonyl (C=O) groups excluding carboxylic acids is 1. The summed E-state index contributed by atoms with van der Waals surface area (Å²) < 4.78 is 40.1. The normalized spacial score (nSPS) is 15.4. The third kappa shape index (κ3) is 5.53. The molecular formula is C25H29FN4O3S. The molecule has 0 saturated carbocycles. The number of benzene rings is 2. The lowest BCUT2D eigenvalue weighted by Gasteiger charge is -2.32. The van der Waals surface area contributed by atoms with Crippen molar-refractivity contribution < 1.29 is 17.6 Å². The lowest BCUT2D eigenvalue weighted by Crippen LogP contribution is -2.43. The van der Waals surface area contributed by atoms with E-state index in [2.05, 4.69) is 10.2 Å². The van der Waals surface area contributed by atoms with E-state index in [-0.39, 0.29) is 29.8 Å². The molecule has 1 aliphatic rings. The van der Waals surface area contributed by atoms with Gasteiger partial charge in [0.2, 0.25) is 15.9 Å². The smallest absolute Gasteiger partial charge is 0.243 e. The first-order valence-corrected chi connectivity index (χ1v) is 12.9. The number of piperidine rings is 1. The molecule has 0 atom stereocenters. The predicted molar refractivity (Wildman–Crippen MR) is 128 cm³/mol. The molecule has 1 N–H and O–H groups in total. The van der Waals surface area contributed by atoms with Gasteiger partial charge in [-0.2, -0.15) is 9.40 Å². The Morgan fingerprint density at radius 1 is 1.12 bits per heavy atom. The maximum atomic E-state index is 13.1. The van der Waals surface area contributed by atoms with Gasteiger partial charge in [-0.1, -0.05) is 30.3 Å². The zero-order chi connectivity index (χ0) is 24.1. The molecule has 3 aromatic rings. The molecule has 0 bridgehead atoms. The first-order chi connectivity index (χ1) is 16.3. The van der Waals surface area contributed by atoms with Crippen molar-refractivity contribution in [3.8, 4) is 11.3 Å². The molecule has 0 aliphatic carbocycles. The quantitative estimate of drug-likeness (QED) is 0.528. The second-order valence-electron chi connectivity index (χ2n) is 8.64. The van der Waals surface area contributed by atoms with Crippen molar-refractivity contribution in [3.63, 3.8) is 0 Å². The van der Waals surface area contributed by atoms with E-state index in [4.69, 9.17) is 0 Å². The molecule has 1 aromatic heterocycles. The Morgan fingerprint density at radius 3 is 2.47 bits per heavy atom. The van der Waals surface area contributed by atoms with Crippen LogP contribution in [0.25, 0.3) is 11.3 Å². The summed E-state index contributed by atoms with van der Waals surface area (Å²) in [5, 5.41) is 7.44. The van der Waals surface area contributed by atoms with Gasteiger partial charge in [0.25, 0.3) is 0 Å². The van der Waals surface area contributed by atoms with Crippen LogP contribution in [-0.4, -0.2) is 60.4 Å². The highest BCUT2D eigenvalue weighted by Crippen LogP contribution is 2.25. The van der Waals surface area contributed by atoms with Crippen LogP contribution in [0.15, 0.2) is 65.6 Å². The molecule has 1 amide bonds. The highest BCUT2D eigenvalue weighted by Gasteiger charge is 2.33. The van der Waals surface area contributed by atoms with Crippen molar-refractivity contribution in [1.29, 1.82) is 0 Å². The van der Waals surface area contributed by atoms with Crippen LogP contribution < -0.4 is 0 Å². The fraction of sp³-hybridized carbons (Fsp3) is 0.360. The molecule has 0 spiro atoms. The van der Waals surface area contributed by atoms with E-state index >= 15 is 0 Å². The summed E-state index contributed by atoms with van der Waals surface area (Å²) in [6.45, 7) is 1.17. The summed E-state index contributed by atoms with van der Waals surface area (Å²) in [7, 11) is -1.88. The molecule has 4 rings (SSSR count). The summed E-state index contributed by atoms with van der Waals surface area (Å²) >= 11 is 0. The maximum Gasteiger partial charge on any atom is 0.243 e. The summed E-state index contributed by atoms with van der Waals surface area (Å²) in [4.78, 5) is 14.7. The number of aromatic nitrogens is 2. The molecule has 180 valence electrons. The monoisotopic (exact) mass is 484 g/mol. The van der Waals surface area contributed by atoms with Crippen molar-refractivity contribution in [3.05, 3.63) is 72.2 Å². The van der Waals surface area contributed by atoms with Gasteiger partial charge in [0, 0.05) is 43.9 Å². The Bertz CT molecular complexity index is 1200. The average molecular weight is 485 g/mol. The summed E-state index contributed by atoms with van der Waals surface area (Å²) in [6, 6.07) is 16.8. The Hall–Kier alpha value is -3.04. The fourth-order valence-corrected chi connectivity index (χ4v) is 5.74. The summed E-state index contributed by atoms with van der Waals surface area (Å²) in [6.07, 6.45) is 2.54. The van der Waals surface area contributed by atoms with Crippen LogP contribution in [-0.2, 0) is 21.2 Å². The van der Waals surface area contributed by atoms with Crippen LogP contribution >= 0.6 is 0 Å². The average Bonchev–Trinajstić information content (AvgIpc) is 3.33. The summed E-state index contributed by atoms with van der Waals surface area (Å²) in [5.74, 6) is -0.620. The molecule has 7 nitrogen and oxygen atoms in total. The Balaban J connectivity index is 1.24. The lowest BCUT2D eigenvalue weighted by molar-refractivity contribution is -0.135. The Kier molecular flexibility index (Phi) is 7.43. The number of amides is 1. The van der Waals surface area contributed by atoms with Crippen molar-refractivity contribution in [2.45, 2.75) is 30.6 Å². The van der Waals surface area contributed by atoms with Gasteiger partial charge in [-0.25, -0.2) is 12.8 Å². The zero-order valence-corrected chi connectivity index (χ0v) is 20.0. The highest BCUT2D eigenvalue weighted by atomic mass is 32.2. The van der Waals surface area contributed by atoms with E-state index in [0.717, 1.165) is 41.9 Å². The number of rotatable bonds is 8. The van der Waals surface area contributed by atoms with Gasteiger partial charge in [0.05, 0.1) is 10.6 Å². The first-order valence-electron chi connectivity index (χ1n) is 11.4. The van der Waals surface area contributed by atoms with E-state index in [0.29, 0.717) is 19.4 Å². The molecule has 1 aliphatic heterocycles. The predicted octanol–water partition coefficient (Wildman–Crippen LogP) is 3.71. The molecule has 0 radical (unpaired) electrons. The van der Waals surface area contributed by atoms with Gasteiger partial charge < -0.3 is 4.90 Å². The van der Waals surface area contributed by atoms with Crippen molar-refractivity contribution in [2.75, 3.05) is 26.7 Å². The van der Waals surface area contributed by atoms with Crippen molar-refractivity contribution in [1.82, 2.24) is 19.4 Å². The summed E-state index contributed by atoms with van der Waals surface area (Å²) in [5.41, 5.74) is 2.99. The maximum absolute atomic E-state index is 13.1. The number of hydrogen-bond acceptors (Lipinski definition) is 4. The SMILES string of the molecule is CN(CCCc1cc(-c2ccccc2)n[nH]1)C(=O)C1CCN(S(=O)(=O)c2ccc(F)cc2)CC1. The van der Waals surface area contributed by atoms with Gasteiger partial charge >= 0.3 is 0 Å². The number of H-pyrrole nitrogens is 1. The van der Waals surface area contributed by atoms with Crippen molar-refractivity contribution in [2.24, 2.45) is 5.92 Å². The van der Waals surface area contributed by atoms with Gasteiger partial charge in [-0.3, -0.25) is 9.89 Å². The van der Waals surface area contributed by atoms with Crippen molar-refractivity contribution >= 4 is 15.9 Å². The number of carbonyl (C=O) groups is 1. The first kappa shape index (κ1) is 24.1. The molecule has 1 saturated heterocycles. The molecule has 2 heterocycles. The zero-order valence-electron chi connectivity index (χ0n) is 19.2. The van der Waals surface area contributed by atoms with Crippen LogP contribution in [0.3, 0.4) is 0 Å². The van der Waals surface area contributed by atoms with Gasteiger partial charge in [0.1, 0.15) is 5.82 Å². The van der Waals surface area contributed by atoms with E-state index in [9.17, 15) is 17.6 Å². The van der Waals surface area contributed by atoms with Gasteiger partial charge in [0.15, 0.2) is 0 Å². The number of nitrogens with zero attached hydrogens (tertiary/aromatic N) is 3. The van der Waals surface area contributed by atoms with Crippen LogP contribution in [0.4, 0.5) is 4.39 Å². The van der Waals surface area contributed by atoms with Crippen LogP contribution in [0, 0.1) is 11.7 Å². The molecule has 34 heavy (non-hydrogen) atoms. The largest absolute Gasteiger partial charge is 0.346 e. The lowest BCUT2D eigenvalue weighted by atomic mass is 9.96. The minimum atomic E-state index is -3.68. The number of halogens is 1. The Morgan fingerprint density at radius 2 is 1.79 bits per heavy atom. The van der Waals surface area contributed by atoms with Gasteiger partial charge in [-0.15, -0.1) is 0 Å². The number of aryl methyl sites for hydroxylation is 1. The topological polar surface area (TPSA) is 86.4 Å². The van der Waals surface area contributed by atoms with Gasteiger partial charge in [-0.05, 0) is 56.0 Å². The number of nitrogens with one attached hydrogen (secondary N) is 1. The van der Waals surface area contributed by atoms with E-state index < -0.39 is 15.8 Å². The number of aromatic amines is 1. The minimum absolute atomic E-state index is 0.0495. The number of sulfonamides is 1. The molecule has 1 fully saturated rings. The van der Waals surface area contributed by atoms with E-state index in [1.54, 1.807) is 11.9 Å². The molecule has 0 unspecified atom stereocenters. The molecule has 2 aromatic carbocycles. The second kappa shape index (κ2) is 10.5. The van der Waals surface area contributed by atoms with Crippen LogP contribution in [0.2, 0.25) is 0 Å². The Labute approximate surface area is 199 Å². The van der Waals surface area contributed by atoms with Crippen LogP contribution in [0.5, 0.6) is 0 Å². The molecule has 9 heteroatoms. The fourth-order valence-electron chi connectivity index (χ4n) is 4.27. The third-order valence-electron chi connectivity index (χ3n) is 6.27.